The van der Waals surface area contributed by atoms with Gasteiger partial charge in [-0.25, -0.2) is 4.79 Å². The van der Waals surface area contributed by atoms with Crippen molar-refractivity contribution in [1.82, 2.24) is 4.90 Å². The summed E-state index contributed by atoms with van der Waals surface area (Å²) in [7, 11) is 0. The smallest absolute Gasteiger partial charge is 0.338 e. The lowest BCUT2D eigenvalue weighted by atomic mass is 10.1. The van der Waals surface area contributed by atoms with E-state index in [1.807, 2.05) is 66.7 Å². The minimum Gasteiger partial charge on any atom is -0.452 e. The molecule has 0 radical (unpaired) electrons. The second-order valence-corrected chi connectivity index (χ2v) is 7.22. The van der Waals surface area contributed by atoms with Crippen LogP contribution in [0.1, 0.15) is 21.5 Å². The Bertz CT molecular complexity index is 887. The van der Waals surface area contributed by atoms with Gasteiger partial charge in [-0.15, -0.1) is 0 Å². The third-order valence-corrected chi connectivity index (χ3v) is 4.67. The molecule has 0 saturated carbocycles. The Morgan fingerprint density at radius 3 is 1.89 bits per heavy atom. The molecule has 0 atom stereocenters. The summed E-state index contributed by atoms with van der Waals surface area (Å²) in [6.07, 6.45) is 0. The number of benzene rings is 3. The van der Waals surface area contributed by atoms with E-state index in [1.165, 1.54) is 0 Å². The standard InChI is InChI=1S/C23H20BrNO3/c24-21-13-7-12-20(14-21)23(27)28-17-22(26)25(15-18-8-3-1-4-9-18)16-19-10-5-2-6-11-19/h1-14H,15-17H2. The molecule has 0 aromatic heterocycles. The van der Waals surface area contributed by atoms with E-state index >= 15 is 0 Å². The van der Waals surface area contributed by atoms with Crippen LogP contribution in [0.5, 0.6) is 0 Å². The maximum absolute atomic E-state index is 12.8. The maximum atomic E-state index is 12.8. The molecule has 3 rings (SSSR count). The summed E-state index contributed by atoms with van der Waals surface area (Å²) in [5, 5.41) is 0. The Morgan fingerprint density at radius 1 is 0.786 bits per heavy atom. The predicted octanol–water partition coefficient (Wildman–Crippen LogP) is 4.83. The predicted molar refractivity (Wildman–Crippen MR) is 112 cm³/mol. The quantitative estimate of drug-likeness (QED) is 0.497. The molecule has 0 bridgehead atoms. The monoisotopic (exact) mass is 437 g/mol. The molecule has 0 fully saturated rings. The van der Waals surface area contributed by atoms with Gasteiger partial charge in [-0.2, -0.15) is 0 Å². The minimum absolute atomic E-state index is 0.240. The van der Waals surface area contributed by atoms with E-state index in [9.17, 15) is 9.59 Å². The highest BCUT2D eigenvalue weighted by molar-refractivity contribution is 9.10. The number of halogens is 1. The molecular formula is C23H20BrNO3. The van der Waals surface area contributed by atoms with Gasteiger partial charge >= 0.3 is 5.97 Å². The van der Waals surface area contributed by atoms with Crippen LogP contribution in [0.3, 0.4) is 0 Å². The zero-order chi connectivity index (χ0) is 19.8. The summed E-state index contributed by atoms with van der Waals surface area (Å²) in [4.78, 5) is 26.7. The van der Waals surface area contributed by atoms with Gasteiger partial charge in [0.25, 0.3) is 5.91 Å². The normalized spacial score (nSPS) is 10.3. The first-order valence-corrected chi connectivity index (χ1v) is 9.69. The van der Waals surface area contributed by atoms with Gasteiger partial charge in [0.1, 0.15) is 0 Å². The lowest BCUT2D eigenvalue weighted by Crippen LogP contribution is -2.33. The van der Waals surface area contributed by atoms with Gasteiger partial charge in [-0.3, -0.25) is 4.79 Å². The van der Waals surface area contributed by atoms with Gasteiger partial charge in [-0.1, -0.05) is 82.7 Å². The minimum atomic E-state index is -0.519. The van der Waals surface area contributed by atoms with Crippen LogP contribution < -0.4 is 0 Å². The summed E-state index contributed by atoms with van der Waals surface area (Å²) >= 11 is 3.32. The van der Waals surface area contributed by atoms with Crippen molar-refractivity contribution in [2.45, 2.75) is 13.1 Å². The average molecular weight is 438 g/mol. The van der Waals surface area contributed by atoms with Gasteiger partial charge in [0.2, 0.25) is 0 Å². The fraction of sp³-hybridized carbons (Fsp3) is 0.130. The third kappa shape index (κ3) is 5.79. The molecule has 28 heavy (non-hydrogen) atoms. The van der Waals surface area contributed by atoms with Crippen LogP contribution >= 0.6 is 15.9 Å². The number of ether oxygens (including phenoxy) is 1. The van der Waals surface area contributed by atoms with Gasteiger partial charge in [0, 0.05) is 17.6 Å². The van der Waals surface area contributed by atoms with Crippen molar-refractivity contribution in [3.8, 4) is 0 Å². The van der Waals surface area contributed by atoms with E-state index in [-0.39, 0.29) is 12.5 Å². The van der Waals surface area contributed by atoms with Crippen LogP contribution in [-0.4, -0.2) is 23.4 Å². The van der Waals surface area contributed by atoms with Crippen molar-refractivity contribution >= 4 is 27.8 Å². The van der Waals surface area contributed by atoms with Crippen LogP contribution in [0.15, 0.2) is 89.4 Å². The second kappa shape index (κ2) is 9.85. The number of amides is 1. The summed E-state index contributed by atoms with van der Waals surface area (Å²) in [5.41, 5.74) is 2.44. The number of carbonyl (C=O) groups is 2. The van der Waals surface area contributed by atoms with Gasteiger partial charge in [0.05, 0.1) is 5.56 Å². The number of esters is 1. The molecule has 5 heteroatoms. The molecule has 0 heterocycles. The zero-order valence-corrected chi connectivity index (χ0v) is 16.8. The molecule has 0 N–H and O–H groups in total. The molecule has 3 aromatic carbocycles. The summed E-state index contributed by atoms with van der Waals surface area (Å²) < 4.78 is 6.03. The number of rotatable bonds is 7. The highest BCUT2D eigenvalue weighted by Gasteiger charge is 2.17. The Morgan fingerprint density at radius 2 is 1.36 bits per heavy atom. The van der Waals surface area contributed by atoms with E-state index in [0.717, 1.165) is 15.6 Å². The highest BCUT2D eigenvalue weighted by atomic mass is 79.9. The SMILES string of the molecule is O=C(OCC(=O)N(Cc1ccccc1)Cc1ccccc1)c1cccc(Br)c1. The third-order valence-electron chi connectivity index (χ3n) is 4.17. The van der Waals surface area contributed by atoms with Gasteiger partial charge < -0.3 is 9.64 Å². The van der Waals surface area contributed by atoms with Crippen molar-refractivity contribution in [2.75, 3.05) is 6.61 Å². The van der Waals surface area contributed by atoms with E-state index in [0.29, 0.717) is 18.7 Å². The van der Waals surface area contributed by atoms with Crippen LogP contribution in [0.4, 0.5) is 0 Å². The lowest BCUT2D eigenvalue weighted by molar-refractivity contribution is -0.135. The molecule has 0 spiro atoms. The Labute approximate surface area is 172 Å². The van der Waals surface area contributed by atoms with E-state index in [2.05, 4.69) is 15.9 Å². The fourth-order valence-corrected chi connectivity index (χ4v) is 3.16. The summed E-state index contributed by atoms with van der Waals surface area (Å²) in [6, 6.07) is 26.4. The van der Waals surface area contributed by atoms with Crippen molar-refractivity contribution in [3.63, 3.8) is 0 Å². The second-order valence-electron chi connectivity index (χ2n) is 6.31. The molecule has 3 aromatic rings. The lowest BCUT2D eigenvalue weighted by Gasteiger charge is -2.23. The number of hydrogen-bond donors (Lipinski definition) is 0. The molecule has 0 aliphatic heterocycles. The van der Waals surface area contributed by atoms with Crippen molar-refractivity contribution in [2.24, 2.45) is 0 Å². The first-order chi connectivity index (χ1) is 13.6. The highest BCUT2D eigenvalue weighted by Crippen LogP contribution is 2.14. The first kappa shape index (κ1) is 19.8. The zero-order valence-electron chi connectivity index (χ0n) is 15.3. The maximum Gasteiger partial charge on any atom is 0.338 e. The van der Waals surface area contributed by atoms with Gasteiger partial charge in [-0.05, 0) is 29.3 Å². The summed E-state index contributed by atoms with van der Waals surface area (Å²) in [5.74, 6) is -0.759. The molecular weight excluding hydrogens is 418 g/mol. The molecule has 142 valence electrons. The number of nitrogens with zero attached hydrogens (tertiary/aromatic N) is 1. The molecule has 0 unspecified atom stereocenters. The van der Waals surface area contributed by atoms with Crippen LogP contribution in [0.2, 0.25) is 0 Å². The molecule has 4 nitrogen and oxygen atoms in total. The van der Waals surface area contributed by atoms with Crippen LogP contribution in [-0.2, 0) is 22.6 Å². The Balaban J connectivity index is 1.67. The van der Waals surface area contributed by atoms with Crippen LogP contribution in [0, 0.1) is 0 Å². The van der Waals surface area contributed by atoms with E-state index < -0.39 is 5.97 Å². The largest absolute Gasteiger partial charge is 0.452 e. The van der Waals surface area contributed by atoms with Crippen molar-refractivity contribution in [3.05, 3.63) is 106 Å². The van der Waals surface area contributed by atoms with Crippen molar-refractivity contribution < 1.29 is 14.3 Å². The van der Waals surface area contributed by atoms with Crippen molar-refractivity contribution in [1.29, 1.82) is 0 Å². The van der Waals surface area contributed by atoms with E-state index in [4.69, 9.17) is 4.74 Å². The summed E-state index contributed by atoms with van der Waals surface area (Å²) in [6.45, 7) is 0.594. The topological polar surface area (TPSA) is 46.6 Å². The first-order valence-electron chi connectivity index (χ1n) is 8.90. The fourth-order valence-electron chi connectivity index (χ4n) is 2.76. The Hall–Kier alpha value is -2.92. The van der Waals surface area contributed by atoms with Gasteiger partial charge in [0.15, 0.2) is 6.61 Å². The molecule has 0 aliphatic carbocycles. The molecule has 0 saturated heterocycles. The van der Waals surface area contributed by atoms with Crippen LogP contribution in [0.25, 0.3) is 0 Å². The Kier molecular flexibility index (Phi) is 6.98. The van der Waals surface area contributed by atoms with E-state index in [1.54, 1.807) is 23.1 Å². The molecule has 1 amide bonds. The molecule has 0 aliphatic rings. The number of hydrogen-bond acceptors (Lipinski definition) is 3. The number of carbonyl (C=O) groups excluding carboxylic acids is 2. The average Bonchev–Trinajstić information content (AvgIpc) is 2.73.